The third-order valence-corrected chi connectivity index (χ3v) is 7.33. The van der Waals surface area contributed by atoms with Gasteiger partial charge in [0.15, 0.2) is 6.29 Å². The molecule has 1 aliphatic heterocycles. The third kappa shape index (κ3) is 5.45. The fourth-order valence-electron chi connectivity index (χ4n) is 4.73. The molecule has 2 aliphatic rings. The van der Waals surface area contributed by atoms with Gasteiger partial charge in [0.25, 0.3) is 0 Å². The number of benzene rings is 1. The Kier molecular flexibility index (Phi) is 7.65. The minimum absolute atomic E-state index is 0.0643. The summed E-state index contributed by atoms with van der Waals surface area (Å²) in [5.74, 6) is -2.41. The largest absolute Gasteiger partial charge is 0.356 e. The Balaban J connectivity index is 1.84. The van der Waals surface area contributed by atoms with Crippen LogP contribution >= 0.6 is 23.2 Å². The lowest BCUT2D eigenvalue weighted by molar-refractivity contribution is -0.144. The number of piperidine rings is 1. The Morgan fingerprint density at radius 1 is 1.13 bits per heavy atom. The zero-order chi connectivity index (χ0) is 21.9. The van der Waals surface area contributed by atoms with Gasteiger partial charge in [0.2, 0.25) is 11.8 Å². The molecule has 1 saturated carbocycles. The molecule has 1 aromatic rings. The Hall–Kier alpha value is -0.950. The molecule has 3 rings (SSSR count). The van der Waals surface area contributed by atoms with Gasteiger partial charge in [-0.15, -0.1) is 0 Å². The minimum Gasteiger partial charge on any atom is -0.356 e. The number of hydrogen-bond acceptors (Lipinski definition) is 3. The smallest absolute Gasteiger partial charge is 0.248 e. The van der Waals surface area contributed by atoms with E-state index in [1.54, 1.807) is 20.3 Å². The molecule has 4 nitrogen and oxygen atoms in total. The van der Waals surface area contributed by atoms with Gasteiger partial charge in [-0.05, 0) is 42.9 Å². The van der Waals surface area contributed by atoms with Gasteiger partial charge in [-0.3, -0.25) is 4.79 Å². The molecule has 1 atom stereocenters. The molecule has 1 saturated heterocycles. The molecule has 1 aromatic carbocycles. The summed E-state index contributed by atoms with van der Waals surface area (Å²) in [7, 11) is 3.18. The number of rotatable bonds is 7. The van der Waals surface area contributed by atoms with Crippen molar-refractivity contribution in [2.45, 2.75) is 62.6 Å². The number of methoxy groups -OCH3 is 2. The van der Waals surface area contributed by atoms with Crippen LogP contribution in [0, 0.1) is 5.92 Å². The van der Waals surface area contributed by atoms with Crippen molar-refractivity contribution < 1.29 is 23.0 Å². The van der Waals surface area contributed by atoms with Crippen LogP contribution < -0.4 is 0 Å². The molecule has 0 aromatic heterocycles. The van der Waals surface area contributed by atoms with Crippen molar-refractivity contribution in [3.8, 4) is 0 Å². The zero-order valence-corrected chi connectivity index (χ0v) is 18.9. The number of likely N-dealkylation sites (tertiary alicyclic amines) is 1. The van der Waals surface area contributed by atoms with E-state index in [4.69, 9.17) is 32.7 Å². The van der Waals surface area contributed by atoms with Crippen LogP contribution in [0.5, 0.6) is 0 Å². The maximum atomic E-state index is 13.5. The maximum Gasteiger partial charge on any atom is 0.248 e. The Morgan fingerprint density at radius 3 is 2.40 bits per heavy atom. The number of ether oxygens (including phenoxy) is 2. The highest BCUT2D eigenvalue weighted by Crippen LogP contribution is 2.42. The fraction of sp³-hybridized carbons (Fsp3) is 0.682. The van der Waals surface area contributed by atoms with Gasteiger partial charge < -0.3 is 14.4 Å². The first-order chi connectivity index (χ1) is 14.2. The molecule has 168 valence electrons. The molecular formula is C22H29Cl2F2NO3. The first-order valence-corrected chi connectivity index (χ1v) is 11.1. The Labute approximate surface area is 186 Å². The van der Waals surface area contributed by atoms with E-state index in [1.165, 1.54) is 0 Å². The molecule has 0 spiro atoms. The average molecular weight is 464 g/mol. The number of hydrogen-bond donors (Lipinski definition) is 0. The second-order valence-electron chi connectivity index (χ2n) is 8.59. The van der Waals surface area contributed by atoms with Crippen LogP contribution in [0.15, 0.2) is 18.2 Å². The molecule has 0 unspecified atom stereocenters. The predicted molar refractivity (Wildman–Crippen MR) is 113 cm³/mol. The van der Waals surface area contributed by atoms with Crippen molar-refractivity contribution in [3.05, 3.63) is 33.8 Å². The van der Waals surface area contributed by atoms with E-state index in [-0.39, 0.29) is 24.7 Å². The van der Waals surface area contributed by atoms with Gasteiger partial charge in [0.05, 0.1) is 10.0 Å². The van der Waals surface area contributed by atoms with E-state index >= 15 is 0 Å². The highest BCUT2D eigenvalue weighted by atomic mass is 35.5. The monoisotopic (exact) mass is 463 g/mol. The fourth-order valence-corrected chi connectivity index (χ4v) is 5.02. The lowest BCUT2D eigenvalue weighted by Gasteiger charge is -2.45. The Bertz CT molecular complexity index is 750. The molecular weight excluding hydrogens is 435 g/mol. The van der Waals surface area contributed by atoms with Gasteiger partial charge in [-0.2, -0.15) is 0 Å². The summed E-state index contributed by atoms with van der Waals surface area (Å²) in [5, 5.41) is 0.926. The second kappa shape index (κ2) is 9.68. The van der Waals surface area contributed by atoms with E-state index in [9.17, 15) is 13.6 Å². The summed E-state index contributed by atoms with van der Waals surface area (Å²) < 4.78 is 38.0. The van der Waals surface area contributed by atoms with Crippen LogP contribution in [-0.2, 0) is 19.7 Å². The van der Waals surface area contributed by atoms with Crippen molar-refractivity contribution in [1.29, 1.82) is 0 Å². The molecule has 0 bridgehead atoms. The normalized spacial score (nSPS) is 25.2. The summed E-state index contributed by atoms with van der Waals surface area (Å²) in [4.78, 5) is 14.6. The van der Waals surface area contributed by atoms with E-state index in [0.29, 0.717) is 55.2 Å². The zero-order valence-electron chi connectivity index (χ0n) is 17.4. The number of carbonyl (C=O) groups excluding carboxylic acids is 1. The standard InChI is InChI=1S/C22H29Cl2F2NO3/c1-29-20(30-2)12-21(16-3-4-17(23)18(24)11-16)8-7-19(28)27(14-21)13-15-5-9-22(25,26)10-6-15/h3-4,11,15,20H,5-10,12-14H2,1-2H3/t21-/m1/s1. The second-order valence-corrected chi connectivity index (χ2v) is 9.40. The summed E-state index contributed by atoms with van der Waals surface area (Å²) in [5.41, 5.74) is 0.556. The van der Waals surface area contributed by atoms with Gasteiger partial charge in [-0.25, -0.2) is 8.78 Å². The maximum absolute atomic E-state index is 13.5. The van der Waals surface area contributed by atoms with E-state index < -0.39 is 17.6 Å². The predicted octanol–water partition coefficient (Wildman–Crippen LogP) is 5.69. The third-order valence-electron chi connectivity index (χ3n) is 6.59. The van der Waals surface area contributed by atoms with E-state index in [2.05, 4.69) is 0 Å². The molecule has 30 heavy (non-hydrogen) atoms. The van der Waals surface area contributed by atoms with Crippen LogP contribution in [0.25, 0.3) is 0 Å². The SMILES string of the molecule is COC(C[C@]1(c2ccc(Cl)c(Cl)c2)CCC(=O)N(CC2CCC(F)(F)CC2)C1)OC. The summed E-state index contributed by atoms with van der Waals surface area (Å²) in [6.45, 7) is 0.975. The highest BCUT2D eigenvalue weighted by molar-refractivity contribution is 6.42. The molecule has 2 fully saturated rings. The van der Waals surface area contributed by atoms with Crippen LogP contribution in [0.4, 0.5) is 8.78 Å². The number of carbonyl (C=O) groups is 1. The molecule has 1 heterocycles. The van der Waals surface area contributed by atoms with Crippen molar-refractivity contribution in [2.24, 2.45) is 5.92 Å². The van der Waals surface area contributed by atoms with Gasteiger partial charge >= 0.3 is 0 Å². The van der Waals surface area contributed by atoms with Gasteiger partial charge in [0, 0.05) is 58.4 Å². The lowest BCUT2D eigenvalue weighted by Crippen LogP contribution is -2.52. The van der Waals surface area contributed by atoms with Gasteiger partial charge in [-0.1, -0.05) is 29.3 Å². The molecule has 1 aliphatic carbocycles. The summed E-state index contributed by atoms with van der Waals surface area (Å²) in [6.07, 6.45) is 1.79. The molecule has 1 amide bonds. The molecule has 0 N–H and O–H groups in total. The van der Waals surface area contributed by atoms with Crippen LogP contribution in [0.2, 0.25) is 10.0 Å². The van der Waals surface area contributed by atoms with Crippen LogP contribution in [0.1, 0.15) is 50.5 Å². The quantitative estimate of drug-likeness (QED) is 0.487. The summed E-state index contributed by atoms with van der Waals surface area (Å²) >= 11 is 12.4. The first-order valence-electron chi connectivity index (χ1n) is 10.3. The lowest BCUT2D eigenvalue weighted by atomic mass is 9.71. The average Bonchev–Trinajstić information content (AvgIpc) is 2.72. The molecule has 0 radical (unpaired) electrons. The van der Waals surface area contributed by atoms with Crippen molar-refractivity contribution in [2.75, 3.05) is 27.3 Å². The van der Waals surface area contributed by atoms with Crippen molar-refractivity contribution in [3.63, 3.8) is 0 Å². The summed E-state index contributed by atoms with van der Waals surface area (Å²) in [6, 6.07) is 5.55. The number of nitrogens with zero attached hydrogens (tertiary/aromatic N) is 1. The molecule has 8 heteroatoms. The topological polar surface area (TPSA) is 38.8 Å². The Morgan fingerprint density at radius 2 is 1.80 bits per heavy atom. The van der Waals surface area contributed by atoms with Crippen molar-refractivity contribution >= 4 is 29.1 Å². The minimum atomic E-state index is -2.57. The highest BCUT2D eigenvalue weighted by Gasteiger charge is 2.43. The van der Waals surface area contributed by atoms with Crippen LogP contribution in [0.3, 0.4) is 0 Å². The van der Waals surface area contributed by atoms with E-state index in [0.717, 1.165) is 5.56 Å². The van der Waals surface area contributed by atoms with Gasteiger partial charge in [0.1, 0.15) is 0 Å². The van der Waals surface area contributed by atoms with E-state index in [1.807, 2.05) is 17.0 Å². The first kappa shape index (κ1) is 23.7. The number of halogens is 4. The number of alkyl halides is 2. The van der Waals surface area contributed by atoms with Crippen LogP contribution in [-0.4, -0.2) is 50.3 Å². The number of amides is 1. The van der Waals surface area contributed by atoms with Crippen molar-refractivity contribution in [1.82, 2.24) is 4.90 Å².